The summed E-state index contributed by atoms with van der Waals surface area (Å²) in [5.74, 6) is 0.502. The Balaban J connectivity index is 1.84. The van der Waals surface area contributed by atoms with E-state index in [0.29, 0.717) is 16.8 Å². The van der Waals surface area contributed by atoms with Crippen molar-refractivity contribution in [2.45, 2.75) is 6.92 Å². The molecular weight excluding hydrogens is 276 g/mol. The molecule has 0 aliphatic rings. The van der Waals surface area contributed by atoms with E-state index in [1.165, 1.54) is 11.3 Å². The van der Waals surface area contributed by atoms with Crippen molar-refractivity contribution in [2.75, 3.05) is 7.11 Å². The maximum absolute atomic E-state index is 5.72. The molecule has 4 aromatic rings. The van der Waals surface area contributed by atoms with Crippen LogP contribution in [0.2, 0.25) is 0 Å². The van der Waals surface area contributed by atoms with Crippen LogP contribution in [0, 0.1) is 6.92 Å². The summed E-state index contributed by atoms with van der Waals surface area (Å²) in [7, 11) is 1.59. The van der Waals surface area contributed by atoms with Crippen LogP contribution in [-0.2, 0) is 0 Å². The van der Waals surface area contributed by atoms with E-state index in [1.807, 2.05) is 25.1 Å². The van der Waals surface area contributed by atoms with Crippen molar-refractivity contribution in [3.8, 4) is 16.8 Å². The molecule has 0 N–H and O–H groups in total. The van der Waals surface area contributed by atoms with Gasteiger partial charge in [-0.15, -0.1) is 5.10 Å². The molecule has 1 aromatic carbocycles. The van der Waals surface area contributed by atoms with E-state index in [2.05, 4.69) is 15.1 Å². The van der Waals surface area contributed by atoms with Crippen LogP contribution in [0.3, 0.4) is 0 Å². The summed E-state index contributed by atoms with van der Waals surface area (Å²) in [5.41, 5.74) is 3.41. The molecule has 0 atom stereocenters. The van der Waals surface area contributed by atoms with Crippen LogP contribution in [0.5, 0.6) is 5.19 Å². The zero-order valence-corrected chi connectivity index (χ0v) is 11.6. The smallest absolute Gasteiger partial charge is 0.294 e. The van der Waals surface area contributed by atoms with E-state index in [-0.39, 0.29) is 0 Å². The van der Waals surface area contributed by atoms with E-state index in [0.717, 1.165) is 21.6 Å². The highest BCUT2D eigenvalue weighted by atomic mass is 32.1. The molecular formula is C13H10N4O2S. The minimum Gasteiger partial charge on any atom is -0.472 e. The van der Waals surface area contributed by atoms with E-state index < -0.39 is 0 Å². The number of ether oxygens (including phenoxy) is 1. The summed E-state index contributed by atoms with van der Waals surface area (Å²) in [5, 5.41) is 4.80. The Morgan fingerprint density at radius 2 is 2.20 bits per heavy atom. The van der Waals surface area contributed by atoms with Gasteiger partial charge in [0.15, 0.2) is 5.58 Å². The van der Waals surface area contributed by atoms with Gasteiger partial charge in [0, 0.05) is 0 Å². The number of aromatic nitrogens is 4. The number of imidazole rings is 1. The average molecular weight is 286 g/mol. The second-order valence-electron chi connectivity index (χ2n) is 4.42. The maximum Gasteiger partial charge on any atom is 0.294 e. The Labute approximate surface area is 117 Å². The molecule has 0 radical (unpaired) electrons. The van der Waals surface area contributed by atoms with Crippen molar-refractivity contribution in [3.63, 3.8) is 0 Å². The van der Waals surface area contributed by atoms with Gasteiger partial charge in [0.1, 0.15) is 11.2 Å². The number of rotatable bonds is 2. The molecule has 100 valence electrons. The summed E-state index contributed by atoms with van der Waals surface area (Å²) >= 11 is 1.37. The lowest BCUT2D eigenvalue weighted by Gasteiger charge is -1.87. The van der Waals surface area contributed by atoms with Crippen LogP contribution in [0.1, 0.15) is 5.56 Å². The van der Waals surface area contributed by atoms with E-state index in [9.17, 15) is 0 Å². The van der Waals surface area contributed by atoms with Crippen LogP contribution in [0.25, 0.3) is 27.6 Å². The molecule has 0 saturated heterocycles. The molecule has 0 fully saturated rings. The number of oxazole rings is 1. The molecule has 3 heterocycles. The van der Waals surface area contributed by atoms with Crippen molar-refractivity contribution < 1.29 is 9.15 Å². The van der Waals surface area contributed by atoms with Gasteiger partial charge in [0.2, 0.25) is 10.9 Å². The number of nitrogens with zero attached hydrogens (tertiary/aromatic N) is 4. The molecule has 0 spiro atoms. The van der Waals surface area contributed by atoms with Gasteiger partial charge in [0.25, 0.3) is 5.19 Å². The molecule has 6 nitrogen and oxygen atoms in total. The van der Waals surface area contributed by atoms with Crippen LogP contribution >= 0.6 is 11.3 Å². The van der Waals surface area contributed by atoms with Gasteiger partial charge in [-0.05, 0) is 36.0 Å². The van der Waals surface area contributed by atoms with Crippen molar-refractivity contribution in [1.29, 1.82) is 0 Å². The third kappa shape index (κ3) is 1.67. The van der Waals surface area contributed by atoms with Crippen molar-refractivity contribution in [1.82, 2.24) is 19.6 Å². The normalized spacial score (nSPS) is 11.5. The quantitative estimate of drug-likeness (QED) is 0.567. The Morgan fingerprint density at radius 1 is 1.30 bits per heavy atom. The zero-order valence-electron chi connectivity index (χ0n) is 10.8. The third-order valence-corrected chi connectivity index (χ3v) is 3.85. The van der Waals surface area contributed by atoms with E-state index >= 15 is 0 Å². The van der Waals surface area contributed by atoms with E-state index in [1.54, 1.807) is 17.8 Å². The number of fused-ring (bicyclic) bond motifs is 2. The van der Waals surface area contributed by atoms with Gasteiger partial charge in [-0.2, -0.15) is 0 Å². The van der Waals surface area contributed by atoms with Gasteiger partial charge in [-0.1, -0.05) is 6.07 Å². The number of hydrogen-bond acceptors (Lipinski definition) is 6. The van der Waals surface area contributed by atoms with Gasteiger partial charge in [-0.3, -0.25) is 0 Å². The van der Waals surface area contributed by atoms with Gasteiger partial charge in [-0.25, -0.2) is 14.5 Å². The highest BCUT2D eigenvalue weighted by Crippen LogP contribution is 2.27. The molecule has 20 heavy (non-hydrogen) atoms. The SMILES string of the molecule is COc1nn2cc(-c3nc4cc(C)ccc4o3)nc2s1. The largest absolute Gasteiger partial charge is 0.472 e. The van der Waals surface area contributed by atoms with Crippen LogP contribution in [0.4, 0.5) is 0 Å². The monoisotopic (exact) mass is 286 g/mol. The summed E-state index contributed by atoms with van der Waals surface area (Å²) < 4.78 is 12.5. The lowest BCUT2D eigenvalue weighted by molar-refractivity contribution is 0.405. The third-order valence-electron chi connectivity index (χ3n) is 2.96. The predicted octanol–water partition coefficient (Wildman–Crippen LogP) is 2.92. The van der Waals surface area contributed by atoms with Gasteiger partial charge in [0.05, 0.1) is 13.3 Å². The molecule has 0 saturated carbocycles. The molecule has 0 aliphatic heterocycles. The zero-order chi connectivity index (χ0) is 13.7. The van der Waals surface area contributed by atoms with Crippen molar-refractivity contribution in [3.05, 3.63) is 30.0 Å². The number of hydrogen-bond donors (Lipinski definition) is 0. The second-order valence-corrected chi connectivity index (χ2v) is 5.33. The summed E-state index contributed by atoms with van der Waals surface area (Å²) in [6.07, 6.45) is 1.78. The molecule has 0 aliphatic carbocycles. The Hall–Kier alpha value is -2.41. The minimum absolute atomic E-state index is 0.502. The van der Waals surface area contributed by atoms with Crippen molar-refractivity contribution >= 4 is 27.4 Å². The molecule has 7 heteroatoms. The summed E-state index contributed by atoms with van der Waals surface area (Å²) in [6.45, 7) is 2.02. The van der Waals surface area contributed by atoms with E-state index in [4.69, 9.17) is 9.15 Å². The fourth-order valence-electron chi connectivity index (χ4n) is 2.01. The Morgan fingerprint density at radius 3 is 3.00 bits per heavy atom. The van der Waals surface area contributed by atoms with Gasteiger partial charge < -0.3 is 9.15 Å². The second kappa shape index (κ2) is 4.04. The van der Waals surface area contributed by atoms with Crippen LogP contribution in [0.15, 0.2) is 28.8 Å². The molecule has 0 unspecified atom stereocenters. The fourth-order valence-corrected chi connectivity index (χ4v) is 2.71. The maximum atomic E-state index is 5.72. The molecule has 3 aromatic heterocycles. The standard InChI is InChI=1S/C13H10N4O2S/c1-7-3-4-10-8(5-7)14-11(19-10)9-6-17-12(15-9)20-13(16-17)18-2/h3-6H,1-2H3. The van der Waals surface area contributed by atoms with Crippen LogP contribution < -0.4 is 4.74 Å². The first-order valence-electron chi connectivity index (χ1n) is 6.01. The first-order valence-corrected chi connectivity index (χ1v) is 6.82. The number of benzene rings is 1. The van der Waals surface area contributed by atoms with Crippen molar-refractivity contribution in [2.24, 2.45) is 0 Å². The minimum atomic E-state index is 0.502. The number of aryl methyl sites for hydroxylation is 1. The highest BCUT2D eigenvalue weighted by molar-refractivity contribution is 7.18. The Kier molecular flexibility index (Phi) is 2.31. The topological polar surface area (TPSA) is 65.5 Å². The highest BCUT2D eigenvalue weighted by Gasteiger charge is 2.14. The number of methoxy groups -OCH3 is 1. The first kappa shape index (κ1) is 11.4. The molecule has 0 bridgehead atoms. The summed E-state index contributed by atoms with van der Waals surface area (Å²) in [4.78, 5) is 9.66. The Bertz CT molecular complexity index is 890. The summed E-state index contributed by atoms with van der Waals surface area (Å²) in [6, 6.07) is 5.90. The van der Waals surface area contributed by atoms with Gasteiger partial charge >= 0.3 is 0 Å². The lowest BCUT2D eigenvalue weighted by Crippen LogP contribution is -1.84. The lowest BCUT2D eigenvalue weighted by atomic mass is 10.2. The predicted molar refractivity (Wildman–Crippen MR) is 75.2 cm³/mol. The van der Waals surface area contributed by atoms with Crippen LogP contribution in [-0.4, -0.2) is 26.7 Å². The first-order chi connectivity index (χ1) is 9.72. The molecule has 4 rings (SSSR count). The average Bonchev–Trinajstić information content (AvgIpc) is 3.08. The fraction of sp³-hybridized carbons (Fsp3) is 0.154. The molecule has 0 amide bonds.